The van der Waals surface area contributed by atoms with Crippen molar-refractivity contribution >= 4 is 11.8 Å². The Morgan fingerprint density at radius 2 is 2.09 bits per heavy atom. The molecule has 6 heteroatoms. The van der Waals surface area contributed by atoms with Crippen molar-refractivity contribution in [2.45, 2.75) is 32.7 Å². The topological polar surface area (TPSA) is 76.4 Å². The fourth-order valence-corrected chi connectivity index (χ4v) is 1.81. The molecule has 2 rings (SSSR count). The van der Waals surface area contributed by atoms with Gasteiger partial charge >= 0.3 is 6.03 Å². The number of rotatable bonds is 4. The van der Waals surface area contributed by atoms with Crippen molar-refractivity contribution in [2.75, 3.05) is 12.4 Å². The van der Waals surface area contributed by atoms with Crippen LogP contribution in [0, 0.1) is 0 Å². The van der Waals surface area contributed by atoms with Crippen LogP contribution in [0.4, 0.5) is 10.6 Å². The molecular formula is C16H21N3O3. The Balaban J connectivity index is 1.89. The van der Waals surface area contributed by atoms with Gasteiger partial charge in [0.25, 0.3) is 0 Å². The first-order chi connectivity index (χ1) is 10.4. The van der Waals surface area contributed by atoms with Crippen LogP contribution in [0.5, 0.6) is 5.75 Å². The number of hydrogen-bond donors (Lipinski definition) is 2. The molecule has 0 fully saturated rings. The number of nitrogens with one attached hydrogen (secondary N) is 2. The minimum Gasteiger partial charge on any atom is -0.497 e. The third-order valence-electron chi connectivity index (χ3n) is 3.08. The number of carbonyl (C=O) groups excluding carboxylic acids is 1. The van der Waals surface area contributed by atoms with Gasteiger partial charge < -0.3 is 14.6 Å². The molecule has 0 aliphatic rings. The average Bonchev–Trinajstić information content (AvgIpc) is 2.94. The Morgan fingerprint density at radius 1 is 1.32 bits per heavy atom. The van der Waals surface area contributed by atoms with Crippen LogP contribution in [0.2, 0.25) is 0 Å². The first kappa shape index (κ1) is 15.9. The van der Waals surface area contributed by atoms with Gasteiger partial charge in [-0.15, -0.1) is 0 Å². The Kier molecular flexibility index (Phi) is 4.70. The van der Waals surface area contributed by atoms with Crippen molar-refractivity contribution in [3.8, 4) is 5.75 Å². The van der Waals surface area contributed by atoms with Gasteiger partial charge in [0.2, 0.25) is 0 Å². The number of urea groups is 1. The van der Waals surface area contributed by atoms with Gasteiger partial charge in [-0.05, 0) is 17.7 Å². The number of carbonyl (C=O) groups is 1. The predicted molar refractivity (Wildman–Crippen MR) is 84.1 cm³/mol. The van der Waals surface area contributed by atoms with E-state index in [0.29, 0.717) is 12.4 Å². The summed E-state index contributed by atoms with van der Waals surface area (Å²) >= 11 is 0. The molecule has 1 aromatic heterocycles. The van der Waals surface area contributed by atoms with Crippen LogP contribution in [0.3, 0.4) is 0 Å². The highest BCUT2D eigenvalue weighted by Crippen LogP contribution is 2.24. The Bertz CT molecular complexity index is 644. The van der Waals surface area contributed by atoms with Crippen LogP contribution in [-0.4, -0.2) is 18.3 Å². The second kappa shape index (κ2) is 6.51. The summed E-state index contributed by atoms with van der Waals surface area (Å²) < 4.78 is 10.4. The Labute approximate surface area is 129 Å². The standard InChI is InChI=1S/C16H21N3O3/c1-16(2,3)13-9-14(19-22-13)18-15(20)17-10-11-6-5-7-12(8-11)21-4/h5-9H,10H2,1-4H3,(H2,17,18,19,20). The number of hydrogen-bond acceptors (Lipinski definition) is 4. The molecule has 0 bridgehead atoms. The van der Waals surface area contributed by atoms with E-state index in [4.69, 9.17) is 9.26 Å². The first-order valence-electron chi connectivity index (χ1n) is 7.03. The van der Waals surface area contributed by atoms with Crippen molar-refractivity contribution in [3.63, 3.8) is 0 Å². The smallest absolute Gasteiger partial charge is 0.320 e. The quantitative estimate of drug-likeness (QED) is 0.908. The molecule has 2 aromatic rings. The molecular weight excluding hydrogens is 282 g/mol. The van der Waals surface area contributed by atoms with Crippen LogP contribution >= 0.6 is 0 Å². The summed E-state index contributed by atoms with van der Waals surface area (Å²) in [5, 5.41) is 9.24. The van der Waals surface area contributed by atoms with Crippen LogP contribution in [-0.2, 0) is 12.0 Å². The molecule has 2 amide bonds. The Morgan fingerprint density at radius 3 is 2.73 bits per heavy atom. The molecule has 22 heavy (non-hydrogen) atoms. The molecule has 0 aliphatic heterocycles. The van der Waals surface area contributed by atoms with Gasteiger partial charge in [0, 0.05) is 18.0 Å². The van der Waals surface area contributed by atoms with E-state index >= 15 is 0 Å². The van der Waals surface area contributed by atoms with E-state index < -0.39 is 0 Å². The highest BCUT2D eigenvalue weighted by molar-refractivity contribution is 5.88. The van der Waals surface area contributed by atoms with Crippen LogP contribution in [0.1, 0.15) is 32.1 Å². The molecule has 1 aromatic carbocycles. The van der Waals surface area contributed by atoms with Gasteiger partial charge in [-0.1, -0.05) is 38.1 Å². The molecule has 0 radical (unpaired) electrons. The molecule has 0 saturated carbocycles. The summed E-state index contributed by atoms with van der Waals surface area (Å²) in [5.41, 5.74) is 0.800. The lowest BCUT2D eigenvalue weighted by atomic mass is 9.93. The maximum atomic E-state index is 11.9. The van der Waals surface area contributed by atoms with Crippen LogP contribution in [0.25, 0.3) is 0 Å². The van der Waals surface area contributed by atoms with Crippen molar-refractivity contribution in [1.82, 2.24) is 10.5 Å². The van der Waals surface area contributed by atoms with E-state index in [2.05, 4.69) is 15.8 Å². The van der Waals surface area contributed by atoms with Crippen molar-refractivity contribution < 1.29 is 14.1 Å². The first-order valence-corrected chi connectivity index (χ1v) is 7.03. The highest BCUT2D eigenvalue weighted by atomic mass is 16.5. The maximum Gasteiger partial charge on any atom is 0.320 e. The van der Waals surface area contributed by atoms with Crippen molar-refractivity contribution in [1.29, 1.82) is 0 Å². The molecule has 6 nitrogen and oxygen atoms in total. The summed E-state index contributed by atoms with van der Waals surface area (Å²) in [7, 11) is 1.61. The number of anilines is 1. The molecule has 1 heterocycles. The predicted octanol–water partition coefficient (Wildman–Crippen LogP) is 3.30. The van der Waals surface area contributed by atoms with E-state index in [-0.39, 0.29) is 11.4 Å². The van der Waals surface area contributed by atoms with Crippen LogP contribution < -0.4 is 15.4 Å². The average molecular weight is 303 g/mol. The number of amides is 2. The van der Waals surface area contributed by atoms with Gasteiger partial charge in [-0.25, -0.2) is 4.79 Å². The zero-order chi connectivity index (χ0) is 16.2. The van der Waals surface area contributed by atoms with E-state index in [9.17, 15) is 4.79 Å². The summed E-state index contributed by atoms with van der Waals surface area (Å²) in [6.45, 7) is 6.44. The lowest BCUT2D eigenvalue weighted by Gasteiger charge is -2.12. The molecule has 118 valence electrons. The normalized spacial score (nSPS) is 11.1. The summed E-state index contributed by atoms with van der Waals surface area (Å²) in [6.07, 6.45) is 0. The third kappa shape index (κ3) is 4.25. The van der Waals surface area contributed by atoms with Crippen LogP contribution in [0.15, 0.2) is 34.9 Å². The monoisotopic (exact) mass is 303 g/mol. The fraction of sp³-hybridized carbons (Fsp3) is 0.375. The molecule has 0 spiro atoms. The molecule has 0 aliphatic carbocycles. The molecule has 0 atom stereocenters. The number of aromatic nitrogens is 1. The van der Waals surface area contributed by atoms with Gasteiger partial charge in [0.1, 0.15) is 11.5 Å². The van der Waals surface area contributed by atoms with E-state index in [1.807, 2.05) is 45.0 Å². The highest BCUT2D eigenvalue weighted by Gasteiger charge is 2.20. The largest absolute Gasteiger partial charge is 0.497 e. The summed E-state index contributed by atoms with van der Waals surface area (Å²) in [4.78, 5) is 11.9. The summed E-state index contributed by atoms with van der Waals surface area (Å²) in [6, 6.07) is 8.90. The number of ether oxygens (including phenoxy) is 1. The van der Waals surface area contributed by atoms with Crippen molar-refractivity contribution in [2.24, 2.45) is 0 Å². The van der Waals surface area contributed by atoms with Crippen molar-refractivity contribution in [3.05, 3.63) is 41.7 Å². The molecule has 0 unspecified atom stereocenters. The number of benzene rings is 1. The van der Waals surface area contributed by atoms with Gasteiger partial charge in [0.15, 0.2) is 5.82 Å². The lowest BCUT2D eigenvalue weighted by Crippen LogP contribution is -2.28. The summed E-state index contributed by atoms with van der Waals surface area (Å²) in [5.74, 6) is 1.87. The number of nitrogens with zero attached hydrogens (tertiary/aromatic N) is 1. The zero-order valence-corrected chi connectivity index (χ0v) is 13.3. The second-order valence-corrected chi connectivity index (χ2v) is 5.99. The third-order valence-corrected chi connectivity index (χ3v) is 3.08. The molecule has 0 saturated heterocycles. The maximum absolute atomic E-state index is 11.9. The minimum absolute atomic E-state index is 0.149. The minimum atomic E-state index is -0.337. The fourth-order valence-electron chi connectivity index (χ4n) is 1.81. The Hall–Kier alpha value is -2.50. The second-order valence-electron chi connectivity index (χ2n) is 5.99. The zero-order valence-electron chi connectivity index (χ0n) is 13.3. The van der Waals surface area contributed by atoms with Gasteiger partial charge in [0.05, 0.1) is 7.11 Å². The lowest BCUT2D eigenvalue weighted by molar-refractivity contribution is 0.251. The van der Waals surface area contributed by atoms with E-state index in [1.54, 1.807) is 13.2 Å². The van der Waals surface area contributed by atoms with Gasteiger partial charge in [-0.2, -0.15) is 0 Å². The molecule has 2 N–H and O–H groups in total. The van der Waals surface area contributed by atoms with E-state index in [1.165, 1.54) is 0 Å². The number of methoxy groups -OCH3 is 1. The SMILES string of the molecule is COc1cccc(CNC(=O)Nc2cc(C(C)(C)C)on2)c1. The van der Waals surface area contributed by atoms with Gasteiger partial charge in [-0.3, -0.25) is 5.32 Å². The van der Waals surface area contributed by atoms with E-state index in [0.717, 1.165) is 17.1 Å².